The van der Waals surface area contributed by atoms with Gasteiger partial charge >= 0.3 is 0 Å². The Bertz CT molecular complexity index is 741. The molecule has 2 nitrogen and oxygen atoms in total. The molecule has 0 aliphatic heterocycles. The van der Waals surface area contributed by atoms with Crippen LogP contribution in [0.15, 0.2) is 64.0 Å². The number of hydrogen-bond donors (Lipinski definition) is 0. The number of hydrogen-bond acceptors (Lipinski definition) is 2. The predicted octanol–water partition coefficient (Wildman–Crippen LogP) is 6.18. The van der Waals surface area contributed by atoms with Gasteiger partial charge in [0.25, 0.3) is 0 Å². The molecule has 0 bridgehead atoms. The second-order valence-corrected chi connectivity index (χ2v) is 4.53. The van der Waals surface area contributed by atoms with Gasteiger partial charge in [-0.25, -0.2) is 0 Å². The quantitative estimate of drug-likeness (QED) is 0.492. The average Bonchev–Trinajstić information content (AvgIpc) is 2.92. The van der Waals surface area contributed by atoms with Gasteiger partial charge in [-0.1, -0.05) is 50.3 Å². The lowest BCUT2D eigenvalue weighted by Gasteiger charge is -1.90. The lowest BCUT2D eigenvalue weighted by molar-refractivity contribution is 0.668. The number of allylic oxidation sites excluding steroid dienone is 2. The third-order valence-electron chi connectivity index (χ3n) is 2.96. The van der Waals surface area contributed by atoms with E-state index < -0.39 is 0 Å². The van der Waals surface area contributed by atoms with Crippen LogP contribution < -0.4 is 0 Å². The minimum Gasteiger partial charge on any atom is -0.456 e. The highest BCUT2D eigenvalue weighted by Crippen LogP contribution is 2.28. The van der Waals surface area contributed by atoms with E-state index in [9.17, 15) is 0 Å². The molecule has 0 spiro atoms. The van der Waals surface area contributed by atoms with Crippen molar-refractivity contribution in [3.63, 3.8) is 0 Å². The Balaban J connectivity index is 0.000000260. The molecule has 0 saturated heterocycles. The molecule has 1 heterocycles. The van der Waals surface area contributed by atoms with E-state index in [1.165, 1.54) is 16.3 Å². The predicted molar refractivity (Wildman–Crippen MR) is 99.0 cm³/mol. The number of furan rings is 1. The molecule has 0 N–H and O–H groups in total. The molecule has 0 aliphatic carbocycles. The summed E-state index contributed by atoms with van der Waals surface area (Å²) < 4.78 is 5.73. The first kappa shape index (κ1) is 17.7. The minimum atomic E-state index is 0.966. The van der Waals surface area contributed by atoms with Crippen molar-refractivity contribution in [2.75, 3.05) is 7.05 Å². The zero-order chi connectivity index (χ0) is 16.4. The summed E-state index contributed by atoms with van der Waals surface area (Å²) in [5, 5.41) is 2.40. The summed E-state index contributed by atoms with van der Waals surface area (Å²) in [4.78, 5) is 3.71. The van der Waals surface area contributed by atoms with Crippen molar-refractivity contribution in [3.05, 3.63) is 60.2 Å². The van der Waals surface area contributed by atoms with Crippen LogP contribution in [0.1, 0.15) is 26.3 Å². The number of aryl methyl sites for hydroxylation is 1. The lowest BCUT2D eigenvalue weighted by Crippen LogP contribution is -1.69. The standard InChI is InChI=1S/C13H10O.C5H9N.C2H6/c1-9-6-7-11-10-4-2-3-5-12(10)14-13(11)8-9;1-3-4-5-6-2;1-2/h2-8H,1H3;3-5H,1-2H3;1-2H3/b;4-3-,6-5?;. The fourth-order valence-corrected chi connectivity index (χ4v) is 2.01. The fourth-order valence-electron chi connectivity index (χ4n) is 2.01. The SMILES string of the molecule is C/C=C\C=NC.CC.Cc1ccc2c(c1)oc1ccccc12. The molecule has 3 aromatic rings. The number of nitrogens with zero attached hydrogens (tertiary/aromatic N) is 1. The third-order valence-corrected chi connectivity index (χ3v) is 2.96. The molecule has 1 aromatic heterocycles. The van der Waals surface area contributed by atoms with E-state index in [4.69, 9.17) is 4.42 Å². The van der Waals surface area contributed by atoms with Crippen molar-refractivity contribution < 1.29 is 4.42 Å². The van der Waals surface area contributed by atoms with Gasteiger partial charge in [0.05, 0.1) is 0 Å². The van der Waals surface area contributed by atoms with Crippen molar-refractivity contribution >= 4 is 28.2 Å². The van der Waals surface area contributed by atoms with Gasteiger partial charge in [-0.15, -0.1) is 0 Å². The normalized spacial score (nSPS) is 10.6. The summed E-state index contributed by atoms with van der Waals surface area (Å²) >= 11 is 0. The highest BCUT2D eigenvalue weighted by molar-refractivity contribution is 6.04. The maximum atomic E-state index is 5.73. The molecule has 0 amide bonds. The Morgan fingerprint density at radius 3 is 2.27 bits per heavy atom. The summed E-state index contributed by atoms with van der Waals surface area (Å²) in [6.45, 7) is 8.04. The Labute approximate surface area is 133 Å². The highest BCUT2D eigenvalue weighted by atomic mass is 16.3. The zero-order valence-corrected chi connectivity index (χ0v) is 14.1. The molecule has 0 fully saturated rings. The summed E-state index contributed by atoms with van der Waals surface area (Å²) in [7, 11) is 1.75. The van der Waals surface area contributed by atoms with Crippen LogP contribution in [0.2, 0.25) is 0 Å². The second-order valence-electron chi connectivity index (χ2n) is 4.53. The molecule has 2 heteroatoms. The Kier molecular flexibility index (Phi) is 7.69. The van der Waals surface area contributed by atoms with Crippen LogP contribution in [-0.4, -0.2) is 13.3 Å². The van der Waals surface area contributed by atoms with Crippen molar-refractivity contribution in [1.29, 1.82) is 0 Å². The molecule has 22 heavy (non-hydrogen) atoms. The van der Waals surface area contributed by atoms with Gasteiger partial charge in [0.1, 0.15) is 11.2 Å². The molecule has 0 atom stereocenters. The van der Waals surface area contributed by atoms with E-state index in [2.05, 4.69) is 36.2 Å². The summed E-state index contributed by atoms with van der Waals surface area (Å²) in [6.07, 6.45) is 5.58. The number of fused-ring (bicyclic) bond motifs is 3. The van der Waals surface area contributed by atoms with Crippen molar-refractivity contribution in [2.45, 2.75) is 27.7 Å². The van der Waals surface area contributed by atoms with E-state index in [-0.39, 0.29) is 0 Å². The smallest absolute Gasteiger partial charge is 0.135 e. The molecule has 2 aromatic carbocycles. The van der Waals surface area contributed by atoms with Gasteiger partial charge in [0.15, 0.2) is 0 Å². The molecule has 0 radical (unpaired) electrons. The first-order valence-corrected chi connectivity index (χ1v) is 7.67. The van der Waals surface area contributed by atoms with Crippen LogP contribution in [0.5, 0.6) is 0 Å². The van der Waals surface area contributed by atoms with Crippen molar-refractivity contribution in [3.8, 4) is 0 Å². The average molecular weight is 295 g/mol. The van der Waals surface area contributed by atoms with E-state index in [0.29, 0.717) is 0 Å². The maximum absolute atomic E-state index is 5.73. The molecule has 3 rings (SSSR count). The molecule has 0 aliphatic rings. The van der Waals surface area contributed by atoms with Crippen LogP contribution in [0.25, 0.3) is 21.9 Å². The van der Waals surface area contributed by atoms with Crippen molar-refractivity contribution in [1.82, 2.24) is 0 Å². The van der Waals surface area contributed by atoms with Crippen molar-refractivity contribution in [2.24, 2.45) is 4.99 Å². The van der Waals surface area contributed by atoms with E-state index in [0.717, 1.165) is 11.2 Å². The molecular weight excluding hydrogens is 270 g/mol. The van der Waals surface area contributed by atoms with Gasteiger partial charge in [-0.3, -0.25) is 4.99 Å². The van der Waals surface area contributed by atoms with E-state index >= 15 is 0 Å². The largest absolute Gasteiger partial charge is 0.456 e. The number of aliphatic imine (C=N–C) groups is 1. The number of rotatable bonds is 1. The summed E-state index contributed by atoms with van der Waals surface area (Å²) in [5.74, 6) is 0. The van der Waals surface area contributed by atoms with Crippen LogP contribution in [0.4, 0.5) is 0 Å². The first-order chi connectivity index (χ1) is 10.8. The summed E-state index contributed by atoms with van der Waals surface area (Å²) in [6, 6.07) is 14.5. The Morgan fingerprint density at radius 2 is 1.64 bits per heavy atom. The number of benzene rings is 2. The Hall–Kier alpha value is -2.35. The minimum absolute atomic E-state index is 0.966. The first-order valence-electron chi connectivity index (χ1n) is 7.67. The van der Waals surface area contributed by atoms with Gasteiger partial charge in [0, 0.05) is 24.0 Å². The van der Waals surface area contributed by atoms with Gasteiger partial charge in [0.2, 0.25) is 0 Å². The Morgan fingerprint density at radius 1 is 0.955 bits per heavy atom. The second kappa shape index (κ2) is 9.56. The lowest BCUT2D eigenvalue weighted by atomic mass is 10.1. The van der Waals surface area contributed by atoms with E-state index in [1.807, 2.05) is 51.1 Å². The monoisotopic (exact) mass is 295 g/mol. The fraction of sp³-hybridized carbons (Fsp3) is 0.250. The topological polar surface area (TPSA) is 25.5 Å². The molecular formula is C20H25NO. The van der Waals surface area contributed by atoms with Crippen LogP contribution in [0.3, 0.4) is 0 Å². The number of para-hydroxylation sites is 1. The van der Waals surface area contributed by atoms with Crippen LogP contribution in [-0.2, 0) is 0 Å². The maximum Gasteiger partial charge on any atom is 0.135 e. The van der Waals surface area contributed by atoms with Gasteiger partial charge in [-0.2, -0.15) is 0 Å². The zero-order valence-electron chi connectivity index (χ0n) is 14.1. The van der Waals surface area contributed by atoms with E-state index in [1.54, 1.807) is 13.3 Å². The highest BCUT2D eigenvalue weighted by Gasteiger charge is 2.04. The third kappa shape index (κ3) is 4.59. The summed E-state index contributed by atoms with van der Waals surface area (Å²) in [5.41, 5.74) is 3.18. The van der Waals surface area contributed by atoms with Crippen LogP contribution in [0, 0.1) is 6.92 Å². The molecule has 0 unspecified atom stereocenters. The van der Waals surface area contributed by atoms with Crippen LogP contribution >= 0.6 is 0 Å². The molecule has 116 valence electrons. The van der Waals surface area contributed by atoms with Gasteiger partial charge in [-0.05, 0) is 37.6 Å². The molecule has 0 saturated carbocycles. The van der Waals surface area contributed by atoms with Gasteiger partial charge < -0.3 is 4.42 Å².